The van der Waals surface area contributed by atoms with E-state index in [4.69, 9.17) is 17.3 Å². The Morgan fingerprint density at radius 2 is 2.09 bits per heavy atom. The van der Waals surface area contributed by atoms with Crippen molar-refractivity contribution in [3.8, 4) is 0 Å². The quantitative estimate of drug-likeness (QED) is 0.638. The fraction of sp³-hybridized carbons (Fsp3) is 0.133. The Bertz CT molecular complexity index is 698. The molecule has 0 aromatic heterocycles. The van der Waals surface area contributed by atoms with E-state index >= 15 is 0 Å². The molecule has 1 aromatic carbocycles. The summed E-state index contributed by atoms with van der Waals surface area (Å²) in [7, 11) is 0. The van der Waals surface area contributed by atoms with Crippen molar-refractivity contribution in [3.63, 3.8) is 0 Å². The molecule has 0 saturated carbocycles. The van der Waals surface area contributed by atoms with Crippen LogP contribution >= 0.6 is 24.0 Å². The predicted molar refractivity (Wildman–Crippen MR) is 87.7 cm³/mol. The van der Waals surface area contributed by atoms with E-state index in [-0.39, 0.29) is 24.6 Å². The Morgan fingerprint density at radius 1 is 1.36 bits per heavy atom. The van der Waals surface area contributed by atoms with E-state index in [9.17, 15) is 14.0 Å². The van der Waals surface area contributed by atoms with Gasteiger partial charge in [-0.25, -0.2) is 4.39 Å². The number of nitrogens with one attached hydrogen (secondary N) is 1. The SMILES string of the molecule is O=C(O)CCC(C=Cc1ccccc1F)=C1SC(=S)NC1=O. The summed E-state index contributed by atoms with van der Waals surface area (Å²) in [6, 6.07) is 6.20. The lowest BCUT2D eigenvalue weighted by Crippen LogP contribution is -2.18. The Morgan fingerprint density at radius 3 is 2.68 bits per heavy atom. The first kappa shape index (κ1) is 16.4. The smallest absolute Gasteiger partial charge is 0.303 e. The summed E-state index contributed by atoms with van der Waals surface area (Å²) in [5.41, 5.74) is 0.884. The van der Waals surface area contributed by atoms with Gasteiger partial charge in [0.1, 0.15) is 10.1 Å². The van der Waals surface area contributed by atoms with E-state index < -0.39 is 5.97 Å². The highest BCUT2D eigenvalue weighted by Crippen LogP contribution is 2.30. The van der Waals surface area contributed by atoms with Crippen LogP contribution in [0, 0.1) is 5.82 Å². The number of rotatable bonds is 5. The van der Waals surface area contributed by atoms with E-state index in [1.807, 2.05) is 0 Å². The second-order valence-corrected chi connectivity index (χ2v) is 6.13. The fourth-order valence-electron chi connectivity index (χ4n) is 1.84. The number of thioether (sulfide) groups is 1. The van der Waals surface area contributed by atoms with Crippen molar-refractivity contribution in [1.82, 2.24) is 5.32 Å². The van der Waals surface area contributed by atoms with Gasteiger partial charge in [0, 0.05) is 12.0 Å². The van der Waals surface area contributed by atoms with E-state index in [1.54, 1.807) is 24.3 Å². The van der Waals surface area contributed by atoms with Gasteiger partial charge in [-0.2, -0.15) is 0 Å². The van der Waals surface area contributed by atoms with Crippen molar-refractivity contribution in [2.24, 2.45) is 0 Å². The summed E-state index contributed by atoms with van der Waals surface area (Å²) < 4.78 is 13.9. The number of carbonyl (C=O) groups excluding carboxylic acids is 1. The number of carbonyl (C=O) groups is 2. The fourth-order valence-corrected chi connectivity index (χ4v) is 2.96. The van der Waals surface area contributed by atoms with Crippen LogP contribution in [0.3, 0.4) is 0 Å². The molecule has 1 fully saturated rings. The molecule has 1 aliphatic rings. The van der Waals surface area contributed by atoms with E-state index in [0.717, 1.165) is 11.8 Å². The minimum absolute atomic E-state index is 0.124. The largest absolute Gasteiger partial charge is 0.481 e. The van der Waals surface area contributed by atoms with Gasteiger partial charge in [-0.15, -0.1) is 0 Å². The van der Waals surface area contributed by atoms with Crippen LogP contribution in [0.15, 0.2) is 40.8 Å². The maximum Gasteiger partial charge on any atom is 0.303 e. The third-order valence-electron chi connectivity index (χ3n) is 2.89. The zero-order chi connectivity index (χ0) is 16.1. The van der Waals surface area contributed by atoms with Gasteiger partial charge in [-0.05, 0) is 18.1 Å². The van der Waals surface area contributed by atoms with Crippen molar-refractivity contribution < 1.29 is 19.1 Å². The molecule has 22 heavy (non-hydrogen) atoms. The summed E-state index contributed by atoms with van der Waals surface area (Å²) in [6.45, 7) is 0. The van der Waals surface area contributed by atoms with Gasteiger partial charge in [0.15, 0.2) is 0 Å². The number of hydrogen-bond acceptors (Lipinski definition) is 4. The topological polar surface area (TPSA) is 66.4 Å². The van der Waals surface area contributed by atoms with E-state index in [1.165, 1.54) is 12.1 Å². The van der Waals surface area contributed by atoms with Crippen LogP contribution in [0.25, 0.3) is 6.08 Å². The average Bonchev–Trinajstić information content (AvgIpc) is 2.79. The molecule has 0 aliphatic carbocycles. The number of hydrogen-bond donors (Lipinski definition) is 2. The minimum atomic E-state index is -0.969. The molecule has 0 bridgehead atoms. The molecule has 1 amide bonds. The second kappa shape index (κ2) is 7.33. The Hall–Kier alpha value is -1.99. The Balaban J connectivity index is 2.31. The number of aliphatic carboxylic acids is 1. The maximum atomic E-state index is 13.6. The molecular formula is C15H12FNO3S2. The molecule has 7 heteroatoms. The van der Waals surface area contributed by atoms with Crippen LogP contribution in [0.1, 0.15) is 18.4 Å². The lowest BCUT2D eigenvalue weighted by molar-refractivity contribution is -0.137. The maximum absolute atomic E-state index is 13.6. The van der Waals surface area contributed by atoms with Crippen LogP contribution in [0.2, 0.25) is 0 Å². The van der Waals surface area contributed by atoms with E-state index in [2.05, 4.69) is 5.32 Å². The third-order valence-corrected chi connectivity index (χ3v) is 4.18. The highest BCUT2D eigenvalue weighted by Gasteiger charge is 2.25. The standard InChI is InChI=1S/C15H12FNO3S2/c16-11-4-2-1-3-9(11)5-6-10(7-8-12(18)19)13-14(20)17-15(21)22-13/h1-6H,7-8H2,(H,18,19)(H,17,20,21). The number of carboxylic acids is 1. The normalized spacial score (nSPS) is 17.0. The molecule has 2 rings (SSSR count). The zero-order valence-electron chi connectivity index (χ0n) is 11.3. The molecule has 2 N–H and O–H groups in total. The number of thiocarbonyl (C=S) groups is 1. The van der Waals surface area contributed by atoms with Gasteiger partial charge in [-0.3, -0.25) is 9.59 Å². The summed E-state index contributed by atoms with van der Waals surface area (Å²) in [5.74, 6) is -1.71. The van der Waals surface area contributed by atoms with Gasteiger partial charge < -0.3 is 10.4 Å². The van der Waals surface area contributed by atoms with Gasteiger partial charge in [0.25, 0.3) is 5.91 Å². The molecule has 0 atom stereocenters. The highest BCUT2D eigenvalue weighted by molar-refractivity contribution is 8.26. The van der Waals surface area contributed by atoms with Crippen molar-refractivity contribution in [3.05, 3.63) is 52.2 Å². The molecule has 0 radical (unpaired) electrons. The molecule has 1 aliphatic heterocycles. The Kier molecular flexibility index (Phi) is 5.46. The first-order valence-electron chi connectivity index (χ1n) is 6.38. The molecule has 114 valence electrons. The minimum Gasteiger partial charge on any atom is -0.481 e. The van der Waals surface area contributed by atoms with Crippen LogP contribution in [0.5, 0.6) is 0 Å². The van der Waals surface area contributed by atoms with Crippen LogP contribution in [-0.2, 0) is 9.59 Å². The van der Waals surface area contributed by atoms with Gasteiger partial charge in [0.05, 0.1) is 4.91 Å². The first-order valence-corrected chi connectivity index (χ1v) is 7.60. The van der Waals surface area contributed by atoms with Crippen LogP contribution < -0.4 is 5.32 Å². The molecule has 0 unspecified atom stereocenters. The van der Waals surface area contributed by atoms with E-state index in [0.29, 0.717) is 20.4 Å². The van der Waals surface area contributed by atoms with Crippen molar-refractivity contribution in [1.29, 1.82) is 0 Å². The van der Waals surface area contributed by atoms with Gasteiger partial charge >= 0.3 is 5.97 Å². The van der Waals surface area contributed by atoms with Crippen molar-refractivity contribution >= 4 is 46.3 Å². The molecule has 1 heterocycles. The molecule has 1 aromatic rings. The predicted octanol–water partition coefficient (Wildman–Crippen LogP) is 3.11. The lowest BCUT2D eigenvalue weighted by atomic mass is 10.1. The molecule has 4 nitrogen and oxygen atoms in total. The van der Waals surface area contributed by atoms with Gasteiger partial charge in [0.2, 0.25) is 0 Å². The van der Waals surface area contributed by atoms with Crippen LogP contribution in [0.4, 0.5) is 4.39 Å². The number of carboxylic acid groups (broad SMARTS) is 1. The van der Waals surface area contributed by atoms with Gasteiger partial charge in [-0.1, -0.05) is 54.3 Å². The average molecular weight is 337 g/mol. The first-order chi connectivity index (χ1) is 10.5. The molecular weight excluding hydrogens is 325 g/mol. The highest BCUT2D eigenvalue weighted by atomic mass is 32.2. The number of halogens is 1. The van der Waals surface area contributed by atoms with Crippen molar-refractivity contribution in [2.75, 3.05) is 0 Å². The second-order valence-electron chi connectivity index (χ2n) is 4.45. The summed E-state index contributed by atoms with van der Waals surface area (Å²) in [5, 5.41) is 11.3. The third kappa shape index (κ3) is 4.25. The molecule has 0 spiro atoms. The summed E-state index contributed by atoms with van der Waals surface area (Å²) >= 11 is 6.01. The number of benzene rings is 1. The Labute approximate surface area is 136 Å². The molecule has 1 saturated heterocycles. The van der Waals surface area contributed by atoms with Crippen LogP contribution in [-0.4, -0.2) is 21.3 Å². The monoisotopic (exact) mass is 337 g/mol. The lowest BCUT2D eigenvalue weighted by Gasteiger charge is -2.03. The number of allylic oxidation sites excluding steroid dienone is 2. The summed E-state index contributed by atoms with van der Waals surface area (Å²) in [4.78, 5) is 22.9. The summed E-state index contributed by atoms with van der Waals surface area (Å²) in [6.07, 6.45) is 3.13. The number of amides is 1. The zero-order valence-corrected chi connectivity index (χ0v) is 13.0. The van der Waals surface area contributed by atoms with Crippen molar-refractivity contribution in [2.45, 2.75) is 12.8 Å².